The molecule has 0 spiro atoms. The van der Waals surface area contributed by atoms with Crippen molar-refractivity contribution in [1.82, 2.24) is 9.78 Å². The van der Waals surface area contributed by atoms with Crippen LogP contribution in [0.3, 0.4) is 0 Å². The Morgan fingerprint density at radius 1 is 1.60 bits per heavy atom. The molecule has 2 rings (SSSR count). The summed E-state index contributed by atoms with van der Waals surface area (Å²) in [7, 11) is 3.41. The van der Waals surface area contributed by atoms with Crippen molar-refractivity contribution in [3.63, 3.8) is 0 Å². The number of nitrogens with zero attached hydrogens (tertiary/aromatic N) is 2. The molecule has 4 heteroatoms. The number of rotatable bonds is 2. The Morgan fingerprint density at radius 2 is 2.40 bits per heavy atom. The number of hydrogen-bond donors (Lipinski definition) is 1. The molecule has 1 heterocycles. The van der Waals surface area contributed by atoms with E-state index in [9.17, 15) is 5.11 Å². The first kappa shape index (κ1) is 10.2. The van der Waals surface area contributed by atoms with Gasteiger partial charge in [0.15, 0.2) is 5.75 Å². The van der Waals surface area contributed by atoms with Crippen molar-refractivity contribution in [2.45, 2.75) is 24.9 Å². The molecular formula is C11H16N2O2. The van der Waals surface area contributed by atoms with Crippen LogP contribution in [-0.2, 0) is 12.6 Å². The van der Waals surface area contributed by atoms with Crippen LogP contribution in [0, 0.1) is 0 Å². The largest absolute Gasteiger partial charge is 0.493 e. The van der Waals surface area contributed by atoms with E-state index >= 15 is 0 Å². The van der Waals surface area contributed by atoms with Gasteiger partial charge in [0.2, 0.25) is 0 Å². The van der Waals surface area contributed by atoms with Crippen molar-refractivity contribution in [1.29, 1.82) is 0 Å². The Labute approximate surface area is 89.2 Å². The third-order valence-corrected chi connectivity index (χ3v) is 2.86. The van der Waals surface area contributed by atoms with Crippen molar-refractivity contribution in [2.24, 2.45) is 7.05 Å². The lowest BCUT2D eigenvalue weighted by atomic mass is 9.88. The predicted octanol–water partition coefficient (Wildman–Crippen LogP) is 1.36. The summed E-state index contributed by atoms with van der Waals surface area (Å²) >= 11 is 0. The van der Waals surface area contributed by atoms with Crippen LogP contribution >= 0.6 is 0 Å². The minimum absolute atomic E-state index is 0.645. The number of hydrogen-bond acceptors (Lipinski definition) is 3. The zero-order valence-corrected chi connectivity index (χ0v) is 9.10. The van der Waals surface area contributed by atoms with E-state index in [4.69, 9.17) is 4.74 Å². The van der Waals surface area contributed by atoms with Gasteiger partial charge in [0.05, 0.1) is 13.3 Å². The van der Waals surface area contributed by atoms with Gasteiger partial charge in [0.25, 0.3) is 0 Å². The van der Waals surface area contributed by atoms with Crippen LogP contribution in [-0.4, -0.2) is 22.0 Å². The van der Waals surface area contributed by atoms with Gasteiger partial charge in [-0.25, -0.2) is 0 Å². The molecule has 1 N–H and O–H groups in total. The SMILES string of the molecule is COc1cnn(C)c1C1(O)C=CCCC1. The van der Waals surface area contributed by atoms with E-state index in [0.29, 0.717) is 5.75 Å². The molecule has 0 bridgehead atoms. The zero-order chi connectivity index (χ0) is 10.9. The molecule has 1 unspecified atom stereocenters. The summed E-state index contributed by atoms with van der Waals surface area (Å²) in [5.41, 5.74) is -0.185. The number of aromatic nitrogens is 2. The maximum absolute atomic E-state index is 10.5. The van der Waals surface area contributed by atoms with Gasteiger partial charge in [0, 0.05) is 7.05 Å². The molecule has 82 valence electrons. The second-order valence-electron chi connectivity index (χ2n) is 3.90. The summed E-state index contributed by atoms with van der Waals surface area (Å²) < 4.78 is 6.88. The molecule has 0 saturated heterocycles. The molecule has 1 atom stereocenters. The minimum Gasteiger partial charge on any atom is -0.493 e. The number of aryl methyl sites for hydroxylation is 1. The van der Waals surface area contributed by atoms with Gasteiger partial charge in [-0.3, -0.25) is 4.68 Å². The lowest BCUT2D eigenvalue weighted by molar-refractivity contribution is 0.0613. The van der Waals surface area contributed by atoms with Crippen LogP contribution in [0.25, 0.3) is 0 Å². The van der Waals surface area contributed by atoms with Crippen LogP contribution in [0.15, 0.2) is 18.3 Å². The Bertz CT molecular complexity index is 384. The summed E-state index contributed by atoms with van der Waals surface area (Å²) in [6, 6.07) is 0. The summed E-state index contributed by atoms with van der Waals surface area (Å²) in [4.78, 5) is 0. The van der Waals surface area contributed by atoms with E-state index in [1.807, 2.05) is 19.2 Å². The summed E-state index contributed by atoms with van der Waals surface area (Å²) in [6.45, 7) is 0. The number of methoxy groups -OCH3 is 1. The van der Waals surface area contributed by atoms with E-state index in [1.54, 1.807) is 18.0 Å². The fourth-order valence-corrected chi connectivity index (χ4v) is 2.11. The summed E-state index contributed by atoms with van der Waals surface area (Å²) in [6.07, 6.45) is 8.23. The molecule has 15 heavy (non-hydrogen) atoms. The summed E-state index contributed by atoms with van der Waals surface area (Å²) in [5.74, 6) is 0.645. The van der Waals surface area contributed by atoms with Gasteiger partial charge in [-0.1, -0.05) is 12.2 Å². The molecule has 4 nitrogen and oxygen atoms in total. The lowest BCUT2D eigenvalue weighted by Gasteiger charge is -2.28. The normalized spacial score (nSPS) is 25.5. The molecule has 1 aliphatic rings. The average Bonchev–Trinajstić information content (AvgIpc) is 2.61. The Balaban J connectivity index is 2.46. The van der Waals surface area contributed by atoms with Crippen molar-refractivity contribution in [3.05, 3.63) is 24.0 Å². The highest BCUT2D eigenvalue weighted by molar-refractivity contribution is 5.34. The van der Waals surface area contributed by atoms with E-state index in [2.05, 4.69) is 5.10 Å². The van der Waals surface area contributed by atoms with Crippen LogP contribution in [0.4, 0.5) is 0 Å². The van der Waals surface area contributed by atoms with Crippen molar-refractivity contribution < 1.29 is 9.84 Å². The molecular weight excluding hydrogens is 192 g/mol. The van der Waals surface area contributed by atoms with Crippen molar-refractivity contribution >= 4 is 0 Å². The van der Waals surface area contributed by atoms with E-state index in [-0.39, 0.29) is 0 Å². The highest BCUT2D eigenvalue weighted by Gasteiger charge is 2.34. The number of ether oxygens (including phenoxy) is 1. The van der Waals surface area contributed by atoms with Crippen LogP contribution in [0.1, 0.15) is 25.0 Å². The first-order chi connectivity index (χ1) is 7.17. The molecule has 1 aliphatic carbocycles. The smallest absolute Gasteiger partial charge is 0.163 e. The Kier molecular flexibility index (Phi) is 2.52. The molecule has 0 fully saturated rings. The Hall–Kier alpha value is -1.29. The van der Waals surface area contributed by atoms with Gasteiger partial charge in [-0.05, 0) is 19.3 Å². The maximum Gasteiger partial charge on any atom is 0.163 e. The highest BCUT2D eigenvalue weighted by Crippen LogP contribution is 2.36. The molecule has 1 aromatic rings. The van der Waals surface area contributed by atoms with E-state index in [1.165, 1.54) is 0 Å². The quantitative estimate of drug-likeness (QED) is 0.746. The molecule has 1 aromatic heterocycles. The third-order valence-electron chi connectivity index (χ3n) is 2.86. The molecule has 0 aromatic carbocycles. The van der Waals surface area contributed by atoms with Gasteiger partial charge >= 0.3 is 0 Å². The first-order valence-electron chi connectivity index (χ1n) is 5.14. The van der Waals surface area contributed by atoms with Crippen molar-refractivity contribution in [2.75, 3.05) is 7.11 Å². The van der Waals surface area contributed by atoms with Gasteiger partial charge < -0.3 is 9.84 Å². The van der Waals surface area contributed by atoms with Crippen molar-refractivity contribution in [3.8, 4) is 5.75 Å². The number of aliphatic hydroxyl groups is 1. The second-order valence-corrected chi connectivity index (χ2v) is 3.90. The topological polar surface area (TPSA) is 47.3 Å². The second kappa shape index (κ2) is 3.70. The lowest BCUT2D eigenvalue weighted by Crippen LogP contribution is -2.28. The van der Waals surface area contributed by atoms with Crippen LogP contribution in [0.2, 0.25) is 0 Å². The first-order valence-corrected chi connectivity index (χ1v) is 5.14. The molecule has 0 amide bonds. The zero-order valence-electron chi connectivity index (χ0n) is 9.10. The van der Waals surface area contributed by atoms with Crippen LogP contribution in [0.5, 0.6) is 5.75 Å². The number of allylic oxidation sites excluding steroid dienone is 1. The van der Waals surface area contributed by atoms with Gasteiger partial charge in [-0.15, -0.1) is 0 Å². The minimum atomic E-state index is -0.922. The highest BCUT2D eigenvalue weighted by atomic mass is 16.5. The summed E-state index contributed by atoms with van der Waals surface area (Å²) in [5, 5.41) is 14.6. The van der Waals surface area contributed by atoms with Crippen LogP contribution < -0.4 is 4.74 Å². The van der Waals surface area contributed by atoms with Gasteiger partial charge in [-0.2, -0.15) is 5.10 Å². The maximum atomic E-state index is 10.5. The molecule has 0 aliphatic heterocycles. The standard InChI is InChI=1S/C11H16N2O2/c1-13-10(9(15-2)8-12-13)11(14)6-4-3-5-7-11/h4,6,8,14H,3,5,7H2,1-2H3. The van der Waals surface area contributed by atoms with E-state index < -0.39 is 5.60 Å². The Morgan fingerprint density at radius 3 is 3.00 bits per heavy atom. The molecule has 0 saturated carbocycles. The van der Waals surface area contributed by atoms with E-state index in [0.717, 1.165) is 25.0 Å². The average molecular weight is 208 g/mol. The third kappa shape index (κ3) is 1.65. The monoisotopic (exact) mass is 208 g/mol. The molecule has 0 radical (unpaired) electrons. The van der Waals surface area contributed by atoms with Gasteiger partial charge in [0.1, 0.15) is 11.3 Å². The fourth-order valence-electron chi connectivity index (χ4n) is 2.11. The fraction of sp³-hybridized carbons (Fsp3) is 0.545. The predicted molar refractivity (Wildman–Crippen MR) is 56.6 cm³/mol.